The quantitative estimate of drug-likeness (QED) is 0.0886. The Morgan fingerprint density at radius 1 is 0.423 bits per heavy atom. The van der Waals surface area contributed by atoms with E-state index in [1.54, 1.807) is 21.3 Å². The molecule has 0 N–H and O–H groups in total. The van der Waals surface area contributed by atoms with Crippen LogP contribution >= 0.6 is 0 Å². The highest BCUT2D eigenvalue weighted by molar-refractivity contribution is 6.72. The molecule has 0 aliphatic carbocycles. The minimum atomic E-state index is -1.60. The van der Waals surface area contributed by atoms with Gasteiger partial charge in [-0.15, -0.1) is 0 Å². The molecule has 1 unspecified atom stereocenters. The molecule has 0 amide bonds. The summed E-state index contributed by atoms with van der Waals surface area (Å²) in [5.74, 6) is 0. The molecule has 0 bridgehead atoms. The minimum absolute atomic E-state index is 0. The molecule has 0 spiro atoms. The van der Waals surface area contributed by atoms with Crippen LogP contribution in [0.15, 0.2) is 0 Å². The summed E-state index contributed by atoms with van der Waals surface area (Å²) in [5.41, 5.74) is 0. The Balaban J connectivity index is -0.0000000368. The maximum absolute atomic E-state index is 5.75. The first-order valence-electron chi connectivity index (χ1n) is 16.0. The molecule has 0 aromatic rings. The zero-order valence-corrected chi connectivity index (χ0v) is 37.4. The fraction of sp³-hybridized carbons (Fsp3) is 1.00. The van der Waals surface area contributed by atoms with Gasteiger partial charge in [0, 0.05) is 55.4 Å². The Hall–Kier alpha value is 0.764. The molecular weight excluding hydrogens is 737 g/mol. The highest BCUT2D eigenvalue weighted by atomic mass is 28.4. The van der Waals surface area contributed by atoms with Gasteiger partial charge in [0.2, 0.25) is 8.32 Å². The van der Waals surface area contributed by atoms with Gasteiger partial charge in [0.25, 0.3) is 0 Å². The molecule has 13 heteroatoms. The van der Waals surface area contributed by atoms with Crippen molar-refractivity contribution in [3.05, 3.63) is 0 Å². The third kappa shape index (κ3) is 83.7. The van der Waals surface area contributed by atoms with Gasteiger partial charge in [-0.25, -0.2) is 0 Å². The van der Waals surface area contributed by atoms with Crippen LogP contribution in [0.25, 0.3) is 0 Å². The molecule has 0 radical (unpaired) electrons. The van der Waals surface area contributed by atoms with Crippen molar-refractivity contribution >= 4 is 41.6 Å². The van der Waals surface area contributed by atoms with Crippen molar-refractivity contribution in [1.29, 1.82) is 0 Å². The molecule has 0 saturated heterocycles. The zero-order chi connectivity index (χ0) is 34.8. The summed E-state index contributed by atoms with van der Waals surface area (Å²) in [6.07, 6.45) is 4.20. The van der Waals surface area contributed by atoms with Crippen molar-refractivity contribution in [2.75, 3.05) is 68.2 Å². The van der Waals surface area contributed by atoms with E-state index in [0.29, 0.717) is 6.61 Å². The Morgan fingerprint density at radius 2 is 0.731 bits per heavy atom. The summed E-state index contributed by atoms with van der Waals surface area (Å²) in [5, 5.41) is 0. The van der Waals surface area contributed by atoms with E-state index in [4.69, 9.17) is 36.3 Å². The predicted octanol–water partition coefficient (Wildman–Crippen LogP) is 14.4. The van der Waals surface area contributed by atoms with E-state index >= 15 is 0 Å². The molecule has 0 rings (SSSR count). The Morgan fingerprint density at radius 3 is 1.00 bits per heavy atom. The average molecular weight is 852 g/mol. The van der Waals surface area contributed by atoms with Crippen LogP contribution in [0.3, 0.4) is 0 Å². The lowest BCUT2D eigenvalue weighted by molar-refractivity contribution is 0.00142. The first-order valence-corrected chi connectivity index (χ1v) is 32.2. The van der Waals surface area contributed by atoms with Gasteiger partial charge in [0.15, 0.2) is 33.3 Å². The van der Waals surface area contributed by atoms with Crippen LogP contribution in [0, 0.1) is 0 Å². The van der Waals surface area contributed by atoms with Crippen LogP contribution in [-0.4, -0.2) is 116 Å². The van der Waals surface area contributed by atoms with E-state index in [1.165, 1.54) is 6.04 Å². The Bertz CT molecular complexity index is 588. The average Bonchev–Trinajstić information content (AvgIpc) is 2.91. The fourth-order valence-corrected chi connectivity index (χ4v) is 5.54. The van der Waals surface area contributed by atoms with Crippen molar-refractivity contribution in [3.63, 3.8) is 0 Å². The van der Waals surface area contributed by atoms with Crippen molar-refractivity contribution in [3.8, 4) is 0 Å². The van der Waals surface area contributed by atoms with Crippen LogP contribution in [-0.2, 0) is 36.3 Å². The fourth-order valence-electron chi connectivity index (χ4n) is 2.41. The molecule has 0 saturated carbocycles. The maximum Gasteiger partial charge on any atom is 0.211 e. The summed E-state index contributed by atoms with van der Waals surface area (Å²) >= 11 is 0. The van der Waals surface area contributed by atoms with E-state index < -0.39 is 41.6 Å². The third-order valence-corrected chi connectivity index (χ3v) is 16.2. The molecule has 0 aromatic heterocycles. The first kappa shape index (κ1) is 89.4. The molecule has 338 valence electrons. The van der Waals surface area contributed by atoms with Gasteiger partial charge < -0.3 is 36.3 Å². The second-order valence-electron chi connectivity index (χ2n) is 14.5. The van der Waals surface area contributed by atoms with Gasteiger partial charge in [0.1, 0.15) is 0 Å². The predicted molar refractivity (Wildman–Crippen MR) is 261 cm³/mol. The van der Waals surface area contributed by atoms with E-state index in [9.17, 15) is 0 Å². The van der Waals surface area contributed by atoms with Crippen LogP contribution in [0.4, 0.5) is 0 Å². The second-order valence-corrected chi connectivity index (χ2v) is 36.9. The van der Waals surface area contributed by atoms with Crippen LogP contribution in [0.2, 0.25) is 90.7 Å². The summed E-state index contributed by atoms with van der Waals surface area (Å²) < 4.78 is 43.3. The highest BCUT2D eigenvalue weighted by Crippen LogP contribution is 2.13. The smallest absolute Gasteiger partial charge is 0.211 e. The lowest BCUT2D eigenvalue weighted by Crippen LogP contribution is -2.36. The summed E-state index contributed by atoms with van der Waals surface area (Å²) in [6, 6.07) is 2.34. The first-order chi connectivity index (χ1) is 19.5. The maximum atomic E-state index is 5.75. The van der Waals surface area contributed by atoms with Gasteiger partial charge in [-0.05, 0) is 117 Å². The summed E-state index contributed by atoms with van der Waals surface area (Å²) in [7, 11) is 2.32. The molecule has 0 heterocycles. The van der Waals surface area contributed by atoms with Gasteiger partial charge >= 0.3 is 0 Å². The topological polar surface area (TPSA) is 73.8 Å². The molecule has 1 atom stereocenters. The van der Waals surface area contributed by atoms with Crippen LogP contribution in [0.1, 0.15) is 99.9 Å². The Kier molecular flexibility index (Phi) is 85.6. The third-order valence-electron chi connectivity index (χ3n) is 6.43. The molecular formula is C39H114O8Si5. The molecule has 52 heavy (non-hydrogen) atoms. The lowest BCUT2D eigenvalue weighted by Gasteiger charge is -2.22. The molecule has 8 nitrogen and oxygen atoms in total. The van der Waals surface area contributed by atoms with E-state index in [0.717, 1.165) is 51.4 Å². The zero-order valence-electron chi connectivity index (χ0n) is 32.4. The highest BCUT2D eigenvalue weighted by Gasteiger charge is 2.22. The van der Waals surface area contributed by atoms with Crippen LogP contribution in [0.5, 0.6) is 0 Å². The SMILES string of the molecule is C.C.C.C.C.C.C.C.C.CCCOCCC[Si](C)(C)OC.CO[Si](C)(C)C.CO[Si](C)(C)C.CO[Si](C)(C)CCCOC(C)COC[Si](C)(C)OC. The van der Waals surface area contributed by atoms with E-state index in [-0.39, 0.29) is 72.9 Å². The largest absolute Gasteiger partial charge is 0.421 e. The molecule has 0 aromatic carbocycles. The standard InChI is InChI=1S/C13H32O4Si2.C9H22O2Si.2C4H12OSi.9CH4/c1-13(11-16-12-19(6,7)15-3)17-9-8-10-18(4,5)14-2;1-5-7-11-8-6-9-12(3,4)10-2;2*1-5-6(2,3)4;;;;;;;;;/h13H,8-12H2,1-7H3;5-9H2,1-4H3;2*1-4H3;9*1H4. The van der Waals surface area contributed by atoms with Crippen molar-refractivity contribution in [2.24, 2.45) is 0 Å². The number of hydrogen-bond donors (Lipinski definition) is 0. The van der Waals surface area contributed by atoms with Crippen molar-refractivity contribution in [2.45, 2.75) is 197 Å². The van der Waals surface area contributed by atoms with Crippen molar-refractivity contribution < 1.29 is 36.3 Å². The van der Waals surface area contributed by atoms with Crippen molar-refractivity contribution in [1.82, 2.24) is 0 Å². The van der Waals surface area contributed by atoms with Gasteiger partial charge in [0.05, 0.1) is 18.9 Å². The second kappa shape index (κ2) is 49.8. The molecule has 0 aliphatic rings. The minimum Gasteiger partial charge on any atom is -0.421 e. The molecule has 0 fully saturated rings. The van der Waals surface area contributed by atoms with E-state index in [2.05, 4.69) is 92.4 Å². The van der Waals surface area contributed by atoms with Gasteiger partial charge in [-0.3, -0.25) is 0 Å². The number of rotatable bonds is 20. The lowest BCUT2D eigenvalue weighted by atomic mass is 10.4. The molecule has 0 aliphatic heterocycles. The van der Waals surface area contributed by atoms with Gasteiger partial charge in [-0.1, -0.05) is 73.8 Å². The summed E-state index contributed by atoms with van der Waals surface area (Å²) in [6.45, 7) is 33.6. The number of hydrogen-bond acceptors (Lipinski definition) is 8. The van der Waals surface area contributed by atoms with E-state index in [1.807, 2.05) is 14.2 Å². The normalized spacial score (nSPS) is 10.9. The van der Waals surface area contributed by atoms with Crippen LogP contribution < -0.4 is 0 Å². The number of ether oxygens (including phenoxy) is 3. The monoisotopic (exact) mass is 851 g/mol. The van der Waals surface area contributed by atoms with Gasteiger partial charge in [-0.2, -0.15) is 0 Å². The Labute approximate surface area is 341 Å². The summed E-state index contributed by atoms with van der Waals surface area (Å²) in [4.78, 5) is 0.